The van der Waals surface area contributed by atoms with Crippen LogP contribution in [0.3, 0.4) is 0 Å². The molecule has 134 valence electrons. The Labute approximate surface area is 149 Å². The Morgan fingerprint density at radius 3 is 2.84 bits per heavy atom. The fraction of sp³-hybridized carbons (Fsp3) is 0.526. The van der Waals surface area contributed by atoms with Crippen LogP contribution in [0, 0.1) is 13.8 Å². The standard InChI is InChI=1S/C19H27N5O/c1-14-18(15(2)23(3)22-14)19(25)24(13-16-7-4-5-11-21-16)17-8-6-10-20-12-9-17/h4-5,7,11,17,20H,6,8-10,12-13H2,1-3H3. The Morgan fingerprint density at radius 1 is 1.32 bits per heavy atom. The average molecular weight is 341 g/mol. The minimum atomic E-state index is 0.0700. The average Bonchev–Trinajstić information content (AvgIpc) is 2.80. The maximum Gasteiger partial charge on any atom is 0.258 e. The summed E-state index contributed by atoms with van der Waals surface area (Å²) in [5.74, 6) is 0.0700. The van der Waals surface area contributed by atoms with Crippen molar-refractivity contribution in [3.05, 3.63) is 47.0 Å². The molecule has 0 aromatic carbocycles. The maximum atomic E-state index is 13.4. The van der Waals surface area contributed by atoms with Gasteiger partial charge in [0.2, 0.25) is 0 Å². The highest BCUT2D eigenvalue weighted by molar-refractivity contribution is 5.96. The van der Waals surface area contributed by atoms with Gasteiger partial charge in [-0.05, 0) is 58.3 Å². The molecule has 6 nitrogen and oxygen atoms in total. The van der Waals surface area contributed by atoms with Gasteiger partial charge in [-0.25, -0.2) is 0 Å². The van der Waals surface area contributed by atoms with Crippen molar-refractivity contribution in [2.45, 2.75) is 45.7 Å². The van der Waals surface area contributed by atoms with E-state index in [9.17, 15) is 4.79 Å². The number of aryl methyl sites for hydroxylation is 2. The molecule has 1 fully saturated rings. The third-order valence-electron chi connectivity index (χ3n) is 5.03. The molecule has 1 atom stereocenters. The molecule has 25 heavy (non-hydrogen) atoms. The highest BCUT2D eigenvalue weighted by Crippen LogP contribution is 2.22. The Kier molecular flexibility index (Phi) is 5.48. The van der Waals surface area contributed by atoms with Gasteiger partial charge >= 0.3 is 0 Å². The number of hydrogen-bond donors (Lipinski definition) is 1. The maximum absolute atomic E-state index is 13.4. The van der Waals surface area contributed by atoms with Crippen molar-refractivity contribution in [2.24, 2.45) is 7.05 Å². The van der Waals surface area contributed by atoms with Crippen LogP contribution in [0.4, 0.5) is 0 Å². The first-order chi connectivity index (χ1) is 12.1. The van der Waals surface area contributed by atoms with Crippen molar-refractivity contribution in [3.8, 4) is 0 Å². The van der Waals surface area contributed by atoms with E-state index in [4.69, 9.17) is 0 Å². The highest BCUT2D eigenvalue weighted by Gasteiger charge is 2.29. The SMILES string of the molecule is Cc1nn(C)c(C)c1C(=O)N(Cc1ccccn1)C1CCCNCC1. The molecule has 1 amide bonds. The molecule has 2 aromatic rings. The van der Waals surface area contributed by atoms with E-state index in [1.807, 2.05) is 44.0 Å². The molecular formula is C19H27N5O. The van der Waals surface area contributed by atoms with Gasteiger partial charge in [0, 0.05) is 25.0 Å². The van der Waals surface area contributed by atoms with Crippen LogP contribution in [0.2, 0.25) is 0 Å². The molecule has 1 aliphatic rings. The van der Waals surface area contributed by atoms with E-state index in [0.717, 1.165) is 55.0 Å². The molecule has 1 saturated heterocycles. The summed E-state index contributed by atoms with van der Waals surface area (Å²) in [4.78, 5) is 19.9. The predicted molar refractivity (Wildman–Crippen MR) is 97.3 cm³/mol. The van der Waals surface area contributed by atoms with Crippen LogP contribution in [-0.2, 0) is 13.6 Å². The van der Waals surface area contributed by atoms with E-state index in [0.29, 0.717) is 6.54 Å². The second-order valence-electron chi connectivity index (χ2n) is 6.76. The summed E-state index contributed by atoms with van der Waals surface area (Å²) in [5.41, 5.74) is 3.37. The van der Waals surface area contributed by atoms with Gasteiger partial charge in [0.05, 0.1) is 23.5 Å². The lowest BCUT2D eigenvalue weighted by Gasteiger charge is -2.31. The molecule has 6 heteroatoms. The molecule has 1 N–H and O–H groups in total. The molecule has 0 radical (unpaired) electrons. The van der Waals surface area contributed by atoms with E-state index in [2.05, 4.69) is 15.4 Å². The molecule has 3 rings (SSSR count). The topological polar surface area (TPSA) is 63.1 Å². The number of carbonyl (C=O) groups excluding carboxylic acids is 1. The first-order valence-corrected chi connectivity index (χ1v) is 8.99. The van der Waals surface area contributed by atoms with Crippen molar-refractivity contribution < 1.29 is 4.79 Å². The van der Waals surface area contributed by atoms with Gasteiger partial charge in [-0.2, -0.15) is 5.10 Å². The Bertz CT molecular complexity index is 717. The van der Waals surface area contributed by atoms with Crippen LogP contribution in [0.5, 0.6) is 0 Å². The third-order valence-corrected chi connectivity index (χ3v) is 5.03. The molecule has 3 heterocycles. The number of carbonyl (C=O) groups is 1. The van der Waals surface area contributed by atoms with Crippen LogP contribution in [-0.4, -0.2) is 44.7 Å². The highest BCUT2D eigenvalue weighted by atomic mass is 16.2. The van der Waals surface area contributed by atoms with E-state index in [1.54, 1.807) is 10.9 Å². The molecule has 2 aromatic heterocycles. The Morgan fingerprint density at radius 2 is 2.16 bits per heavy atom. The summed E-state index contributed by atoms with van der Waals surface area (Å²) in [6.45, 7) is 6.38. The molecular weight excluding hydrogens is 314 g/mol. The Balaban J connectivity index is 1.93. The zero-order chi connectivity index (χ0) is 17.8. The smallest absolute Gasteiger partial charge is 0.258 e. The first-order valence-electron chi connectivity index (χ1n) is 8.99. The summed E-state index contributed by atoms with van der Waals surface area (Å²) in [7, 11) is 1.89. The zero-order valence-electron chi connectivity index (χ0n) is 15.3. The van der Waals surface area contributed by atoms with Crippen LogP contribution >= 0.6 is 0 Å². The van der Waals surface area contributed by atoms with Crippen LogP contribution < -0.4 is 5.32 Å². The second-order valence-corrected chi connectivity index (χ2v) is 6.76. The predicted octanol–water partition coefficient (Wildman–Crippen LogP) is 2.22. The van der Waals surface area contributed by atoms with E-state index >= 15 is 0 Å². The lowest BCUT2D eigenvalue weighted by Crippen LogP contribution is -2.41. The third kappa shape index (κ3) is 3.90. The number of hydrogen-bond acceptors (Lipinski definition) is 4. The summed E-state index contributed by atoms with van der Waals surface area (Å²) in [6.07, 6.45) is 4.86. The van der Waals surface area contributed by atoms with Crippen LogP contribution in [0.25, 0.3) is 0 Å². The number of nitrogens with zero attached hydrogens (tertiary/aromatic N) is 4. The van der Waals surface area contributed by atoms with Gasteiger partial charge in [0.1, 0.15) is 0 Å². The van der Waals surface area contributed by atoms with Gasteiger partial charge in [0.25, 0.3) is 5.91 Å². The summed E-state index contributed by atoms with van der Waals surface area (Å²) in [5, 5.41) is 7.86. The van der Waals surface area contributed by atoms with E-state index in [-0.39, 0.29) is 11.9 Å². The van der Waals surface area contributed by atoms with Crippen LogP contribution in [0.1, 0.15) is 46.7 Å². The minimum absolute atomic E-state index is 0.0700. The molecule has 0 bridgehead atoms. The van der Waals surface area contributed by atoms with Crippen molar-refractivity contribution >= 4 is 5.91 Å². The molecule has 0 aliphatic carbocycles. The van der Waals surface area contributed by atoms with Crippen molar-refractivity contribution in [1.29, 1.82) is 0 Å². The number of nitrogens with one attached hydrogen (secondary N) is 1. The lowest BCUT2D eigenvalue weighted by atomic mass is 10.0. The summed E-state index contributed by atoms with van der Waals surface area (Å²) in [6, 6.07) is 6.09. The number of pyridine rings is 1. The fourth-order valence-corrected chi connectivity index (χ4v) is 3.57. The van der Waals surface area contributed by atoms with Crippen molar-refractivity contribution in [3.63, 3.8) is 0 Å². The van der Waals surface area contributed by atoms with Gasteiger partial charge in [-0.15, -0.1) is 0 Å². The quantitative estimate of drug-likeness (QED) is 0.926. The first kappa shape index (κ1) is 17.6. The second kappa shape index (κ2) is 7.78. The van der Waals surface area contributed by atoms with Gasteiger partial charge in [-0.1, -0.05) is 6.07 Å². The van der Waals surface area contributed by atoms with E-state index in [1.165, 1.54) is 0 Å². The summed E-state index contributed by atoms with van der Waals surface area (Å²) >= 11 is 0. The monoisotopic (exact) mass is 341 g/mol. The normalized spacial score (nSPS) is 18.0. The van der Waals surface area contributed by atoms with Gasteiger partial charge in [-0.3, -0.25) is 14.5 Å². The number of rotatable bonds is 4. The lowest BCUT2D eigenvalue weighted by molar-refractivity contribution is 0.0640. The van der Waals surface area contributed by atoms with Crippen molar-refractivity contribution in [2.75, 3.05) is 13.1 Å². The minimum Gasteiger partial charge on any atom is -0.330 e. The zero-order valence-corrected chi connectivity index (χ0v) is 15.3. The molecule has 1 unspecified atom stereocenters. The van der Waals surface area contributed by atoms with Crippen LogP contribution in [0.15, 0.2) is 24.4 Å². The van der Waals surface area contributed by atoms with Crippen molar-refractivity contribution in [1.82, 2.24) is 25.0 Å². The van der Waals surface area contributed by atoms with E-state index < -0.39 is 0 Å². The fourth-order valence-electron chi connectivity index (χ4n) is 3.57. The van der Waals surface area contributed by atoms with Gasteiger partial charge in [0.15, 0.2) is 0 Å². The van der Waals surface area contributed by atoms with Gasteiger partial charge < -0.3 is 10.2 Å². The number of aromatic nitrogens is 3. The summed E-state index contributed by atoms with van der Waals surface area (Å²) < 4.78 is 1.79. The molecule has 0 spiro atoms. The Hall–Kier alpha value is -2.21. The molecule has 0 saturated carbocycles. The number of amides is 1. The largest absolute Gasteiger partial charge is 0.330 e. The molecule has 1 aliphatic heterocycles.